The SMILES string of the molecule is O=C(O)CP(=O)([O-])OC[C@H]1O[C@@H](n2cnc3c(NC(=O)NC4CCCC4)ncnc32)[C@@H](O)C1O. The number of aliphatic carboxylic acids is 1. The van der Waals surface area contributed by atoms with E-state index in [0.717, 1.165) is 25.7 Å². The highest BCUT2D eigenvalue weighted by Crippen LogP contribution is 2.39. The molecule has 5 N–H and O–H groups in total. The first-order valence-corrected chi connectivity index (χ1v) is 12.3. The third-order valence-electron chi connectivity index (χ3n) is 5.66. The molecule has 2 aromatic heterocycles. The highest BCUT2D eigenvalue weighted by molar-refractivity contribution is 7.52. The Hall–Kier alpha value is -2.68. The lowest BCUT2D eigenvalue weighted by atomic mass is 10.1. The minimum Gasteiger partial charge on any atom is -0.778 e. The number of imidazole rings is 1. The predicted molar refractivity (Wildman–Crippen MR) is 112 cm³/mol. The number of hydrogen-bond donors (Lipinski definition) is 5. The van der Waals surface area contributed by atoms with Crippen molar-refractivity contribution in [3.8, 4) is 0 Å². The lowest BCUT2D eigenvalue weighted by molar-refractivity contribution is -0.202. The fraction of sp³-hybridized carbons (Fsp3) is 0.611. The summed E-state index contributed by atoms with van der Waals surface area (Å²) < 4.78 is 23.2. The minimum absolute atomic E-state index is 0.0949. The molecular weight excluding hydrogens is 475 g/mol. The maximum Gasteiger partial charge on any atom is 0.320 e. The van der Waals surface area contributed by atoms with Gasteiger partial charge in [-0.2, -0.15) is 0 Å². The van der Waals surface area contributed by atoms with Crippen LogP contribution in [0.4, 0.5) is 10.6 Å². The van der Waals surface area contributed by atoms with Gasteiger partial charge in [0.1, 0.15) is 38.4 Å². The molecule has 4 rings (SSSR count). The Morgan fingerprint density at radius 3 is 2.68 bits per heavy atom. The van der Waals surface area contributed by atoms with Gasteiger partial charge in [-0.25, -0.2) is 19.7 Å². The summed E-state index contributed by atoms with van der Waals surface area (Å²) in [6, 6.07) is -0.341. The van der Waals surface area contributed by atoms with Crippen LogP contribution >= 0.6 is 7.60 Å². The largest absolute Gasteiger partial charge is 0.778 e. The molecule has 1 aliphatic heterocycles. The molecule has 0 spiro atoms. The van der Waals surface area contributed by atoms with E-state index in [0.29, 0.717) is 0 Å². The number of nitrogens with zero attached hydrogens (tertiary/aromatic N) is 4. The van der Waals surface area contributed by atoms with Crippen LogP contribution in [0.1, 0.15) is 31.9 Å². The molecule has 3 heterocycles. The molecule has 1 saturated heterocycles. The summed E-state index contributed by atoms with van der Waals surface area (Å²) in [5, 5.41) is 34.9. The fourth-order valence-corrected chi connectivity index (χ4v) is 4.82. The van der Waals surface area contributed by atoms with Crippen molar-refractivity contribution in [1.29, 1.82) is 0 Å². The van der Waals surface area contributed by atoms with E-state index in [1.54, 1.807) is 0 Å². The van der Waals surface area contributed by atoms with E-state index in [2.05, 4.69) is 30.1 Å². The van der Waals surface area contributed by atoms with E-state index in [1.807, 2.05) is 0 Å². The van der Waals surface area contributed by atoms with Gasteiger partial charge in [0.2, 0.25) is 0 Å². The summed E-state index contributed by atoms with van der Waals surface area (Å²) in [5.41, 5.74) is 0.393. The Morgan fingerprint density at radius 1 is 1.24 bits per heavy atom. The van der Waals surface area contributed by atoms with Crippen LogP contribution in [-0.4, -0.2) is 84.0 Å². The third kappa shape index (κ3) is 5.35. The van der Waals surface area contributed by atoms with Crippen molar-refractivity contribution in [3.63, 3.8) is 0 Å². The van der Waals surface area contributed by atoms with Gasteiger partial charge < -0.3 is 39.4 Å². The number of anilines is 1. The number of fused-ring (bicyclic) bond motifs is 1. The second-order valence-electron chi connectivity index (χ2n) is 8.13. The Labute approximate surface area is 192 Å². The fourth-order valence-electron chi connectivity index (χ4n) is 4.02. The number of aliphatic hydroxyl groups excluding tert-OH is 2. The van der Waals surface area contributed by atoms with Crippen LogP contribution in [0, 0.1) is 0 Å². The van der Waals surface area contributed by atoms with Crippen LogP contribution in [-0.2, 0) is 18.6 Å². The summed E-state index contributed by atoms with van der Waals surface area (Å²) in [6.07, 6.45) is -0.379. The number of carbonyl (C=O) groups is 2. The first-order chi connectivity index (χ1) is 16.1. The number of nitrogens with one attached hydrogen (secondary N) is 2. The van der Waals surface area contributed by atoms with Crippen molar-refractivity contribution >= 4 is 36.6 Å². The average Bonchev–Trinajstić information content (AvgIpc) is 3.47. The van der Waals surface area contributed by atoms with Crippen molar-refractivity contribution in [3.05, 3.63) is 12.7 Å². The van der Waals surface area contributed by atoms with Gasteiger partial charge >= 0.3 is 12.0 Å². The number of aromatic nitrogens is 4. The first-order valence-electron chi connectivity index (χ1n) is 10.6. The summed E-state index contributed by atoms with van der Waals surface area (Å²) in [5.74, 6) is -1.46. The van der Waals surface area contributed by atoms with E-state index >= 15 is 0 Å². The Kier molecular flexibility index (Phi) is 7.12. The molecule has 15 nitrogen and oxygen atoms in total. The number of urea groups is 1. The van der Waals surface area contributed by atoms with Crippen LogP contribution in [0.3, 0.4) is 0 Å². The summed E-state index contributed by atoms with van der Waals surface area (Å²) in [7, 11) is -4.71. The van der Waals surface area contributed by atoms with Crippen LogP contribution in [0.15, 0.2) is 12.7 Å². The predicted octanol–water partition coefficient (Wildman–Crippen LogP) is -0.836. The number of carbonyl (C=O) groups excluding carboxylic acids is 1. The number of hydrogen-bond acceptors (Lipinski definition) is 11. The van der Waals surface area contributed by atoms with Crippen LogP contribution in [0.2, 0.25) is 0 Å². The number of ether oxygens (including phenoxy) is 1. The lowest BCUT2D eigenvalue weighted by Crippen LogP contribution is -2.36. The van der Waals surface area contributed by atoms with Gasteiger partial charge in [0, 0.05) is 6.04 Å². The van der Waals surface area contributed by atoms with Crippen molar-refractivity contribution in [2.45, 2.75) is 56.3 Å². The smallest absolute Gasteiger partial charge is 0.320 e. The van der Waals surface area contributed by atoms with Gasteiger partial charge in [0.05, 0.1) is 12.9 Å². The number of amides is 2. The van der Waals surface area contributed by atoms with Gasteiger partial charge in [-0.15, -0.1) is 0 Å². The lowest BCUT2D eigenvalue weighted by Gasteiger charge is -2.24. The van der Waals surface area contributed by atoms with E-state index in [-0.39, 0.29) is 23.0 Å². The molecule has 5 atom stereocenters. The van der Waals surface area contributed by atoms with Gasteiger partial charge in [0.15, 0.2) is 23.2 Å². The van der Waals surface area contributed by atoms with Crippen molar-refractivity contribution < 1.29 is 43.6 Å². The quantitative estimate of drug-likeness (QED) is 0.281. The van der Waals surface area contributed by atoms with Crippen molar-refractivity contribution in [1.82, 2.24) is 24.8 Å². The van der Waals surface area contributed by atoms with Gasteiger partial charge in [-0.1, -0.05) is 12.8 Å². The van der Waals surface area contributed by atoms with Crippen molar-refractivity contribution in [2.75, 3.05) is 18.1 Å². The number of carboxylic acids is 1. The number of aliphatic hydroxyl groups is 2. The second kappa shape index (κ2) is 9.90. The number of rotatable bonds is 8. The molecule has 0 radical (unpaired) electrons. The van der Waals surface area contributed by atoms with Gasteiger partial charge in [-0.05, 0) is 12.8 Å². The Morgan fingerprint density at radius 2 is 1.97 bits per heavy atom. The van der Waals surface area contributed by atoms with E-state index in [1.165, 1.54) is 17.2 Å². The van der Waals surface area contributed by atoms with Gasteiger partial charge in [0.25, 0.3) is 0 Å². The zero-order valence-electron chi connectivity index (χ0n) is 17.8. The van der Waals surface area contributed by atoms with E-state index in [9.17, 15) is 29.3 Å². The normalized spacial score (nSPS) is 27.0. The summed E-state index contributed by atoms with van der Waals surface area (Å²) >= 11 is 0. The molecular formula is C18H24N6O9P-. The Bertz CT molecular complexity index is 1110. The van der Waals surface area contributed by atoms with Crippen LogP contribution < -0.4 is 15.5 Å². The molecule has 34 heavy (non-hydrogen) atoms. The average molecular weight is 499 g/mol. The summed E-state index contributed by atoms with van der Waals surface area (Å²) in [4.78, 5) is 46.9. The second-order valence-corrected chi connectivity index (χ2v) is 9.93. The molecule has 2 aliphatic rings. The van der Waals surface area contributed by atoms with Gasteiger partial charge in [-0.3, -0.25) is 14.7 Å². The zero-order valence-corrected chi connectivity index (χ0v) is 18.7. The molecule has 2 fully saturated rings. The third-order valence-corrected chi connectivity index (χ3v) is 6.86. The molecule has 0 aromatic carbocycles. The molecule has 2 aromatic rings. The van der Waals surface area contributed by atoms with E-state index in [4.69, 9.17) is 9.84 Å². The Balaban J connectivity index is 1.46. The molecule has 0 bridgehead atoms. The monoisotopic (exact) mass is 499 g/mol. The zero-order chi connectivity index (χ0) is 24.5. The summed E-state index contributed by atoms with van der Waals surface area (Å²) in [6.45, 7) is -0.696. The minimum atomic E-state index is -4.71. The van der Waals surface area contributed by atoms with Crippen LogP contribution in [0.5, 0.6) is 0 Å². The molecule has 1 aliphatic carbocycles. The first kappa shape index (κ1) is 24.4. The molecule has 2 unspecified atom stereocenters. The molecule has 186 valence electrons. The highest BCUT2D eigenvalue weighted by Gasteiger charge is 2.45. The van der Waals surface area contributed by atoms with Crippen molar-refractivity contribution in [2.24, 2.45) is 0 Å². The molecule has 2 amide bonds. The standard InChI is InChI=1S/C18H25N6O9P/c25-11(26)6-34(30,31)32-5-10-13(27)14(28)17(33-10)24-8-21-12-15(19-7-20-16(12)24)23-18(29)22-9-3-1-2-4-9/h7-10,13-14,17,27-28H,1-6H2,(H,25,26)(H,30,31)(H2,19,20,22,23,29)/p-1/t10-,13?,14+,17-/m1/s1. The number of carboxylic acid groups (broad SMARTS) is 1. The molecule has 1 saturated carbocycles. The van der Waals surface area contributed by atoms with Crippen LogP contribution in [0.25, 0.3) is 11.2 Å². The maximum atomic E-state index is 12.3. The highest BCUT2D eigenvalue weighted by atomic mass is 31.2. The topological polar surface area (TPSA) is 221 Å². The molecule has 16 heteroatoms. The maximum absolute atomic E-state index is 12.3. The van der Waals surface area contributed by atoms with E-state index < -0.39 is 56.9 Å².